The van der Waals surface area contributed by atoms with Crippen LogP contribution in [-0.2, 0) is 6.42 Å². The van der Waals surface area contributed by atoms with E-state index in [-0.39, 0.29) is 6.42 Å². The summed E-state index contributed by atoms with van der Waals surface area (Å²) in [5, 5.41) is 0.466. The van der Waals surface area contributed by atoms with E-state index < -0.39 is 17.0 Å². The second-order valence-corrected chi connectivity index (χ2v) is 5.62. The Bertz CT molecular complexity index is 795. The van der Waals surface area contributed by atoms with Gasteiger partial charge in [0, 0.05) is 11.5 Å². The van der Waals surface area contributed by atoms with Gasteiger partial charge in [-0.1, -0.05) is 17.7 Å². The van der Waals surface area contributed by atoms with E-state index in [0.29, 0.717) is 11.3 Å². The third kappa shape index (κ3) is 2.93. The van der Waals surface area contributed by atoms with Crippen LogP contribution >= 0.6 is 11.6 Å². The van der Waals surface area contributed by atoms with Gasteiger partial charge in [-0.05, 0) is 43.2 Å². The Balaban J connectivity index is 1.87. The molecule has 0 spiro atoms. The fourth-order valence-electron chi connectivity index (χ4n) is 2.32. The molecule has 0 aliphatic carbocycles. The Morgan fingerprint density at radius 2 is 1.90 bits per heavy atom. The van der Waals surface area contributed by atoms with Crippen molar-refractivity contribution in [2.75, 3.05) is 0 Å². The third-order valence-corrected chi connectivity index (χ3v) is 3.78. The summed E-state index contributed by atoms with van der Waals surface area (Å²) >= 11 is 6.31. The molecule has 0 amide bonds. The molecule has 3 rings (SSSR count). The quantitative estimate of drug-likeness (QED) is 0.579. The predicted molar refractivity (Wildman–Crippen MR) is 79.6 cm³/mol. The molecule has 3 aromatic rings. The minimum Gasteiger partial charge on any atom is -0.459 e. The normalized spacial score (nSPS) is 12.8. The highest BCUT2D eigenvalue weighted by Crippen LogP contribution is 2.31. The Hall–Kier alpha value is -1.87. The fourth-order valence-corrected chi connectivity index (χ4v) is 2.59. The molecule has 1 heterocycles. The number of alkyl halides is 1. The Morgan fingerprint density at radius 1 is 1.10 bits per heavy atom. The molecular weight excluding hydrogens is 294 g/mol. The van der Waals surface area contributed by atoms with Gasteiger partial charge in [0.1, 0.15) is 23.0 Å². The molecule has 0 saturated carbocycles. The molecule has 1 aromatic heterocycles. The van der Waals surface area contributed by atoms with Crippen molar-refractivity contribution in [2.24, 2.45) is 0 Å². The average Bonchev–Trinajstić information content (AvgIpc) is 2.85. The smallest absolute Gasteiger partial charge is 0.134 e. The number of furan rings is 1. The van der Waals surface area contributed by atoms with E-state index in [1.165, 1.54) is 12.1 Å². The fraction of sp³-hybridized carbons (Fsp3) is 0.176. The van der Waals surface area contributed by atoms with Crippen LogP contribution in [-0.4, -0.2) is 0 Å². The van der Waals surface area contributed by atoms with Gasteiger partial charge in [0.2, 0.25) is 0 Å². The Labute approximate surface area is 126 Å². The first-order valence-electron chi connectivity index (χ1n) is 6.61. The summed E-state index contributed by atoms with van der Waals surface area (Å²) in [5.41, 5.74) is 2.25. The van der Waals surface area contributed by atoms with Crippen LogP contribution in [0.15, 0.2) is 46.9 Å². The van der Waals surface area contributed by atoms with E-state index in [9.17, 15) is 8.78 Å². The standard InChI is InChI=1S/C17H13ClF2O/c1-10-2-5-16-12(6-10)8-17(21-16)14(18)7-11-3-4-13(19)9-15(11)20/h2-6,8-9,14H,7H2,1H3. The lowest BCUT2D eigenvalue weighted by atomic mass is 10.1. The largest absolute Gasteiger partial charge is 0.459 e. The molecule has 2 aromatic carbocycles. The highest BCUT2D eigenvalue weighted by Gasteiger charge is 2.16. The van der Waals surface area contributed by atoms with E-state index in [4.69, 9.17) is 16.0 Å². The van der Waals surface area contributed by atoms with E-state index >= 15 is 0 Å². The van der Waals surface area contributed by atoms with Crippen LogP contribution in [0.2, 0.25) is 0 Å². The number of fused-ring (bicyclic) bond motifs is 1. The lowest BCUT2D eigenvalue weighted by molar-refractivity contribution is 0.530. The van der Waals surface area contributed by atoms with Gasteiger partial charge in [-0.3, -0.25) is 0 Å². The summed E-state index contributed by atoms with van der Waals surface area (Å²) < 4.78 is 32.2. The molecule has 0 bridgehead atoms. The molecule has 1 atom stereocenters. The zero-order valence-electron chi connectivity index (χ0n) is 11.4. The first-order chi connectivity index (χ1) is 10.0. The molecule has 4 heteroatoms. The van der Waals surface area contributed by atoms with Crippen molar-refractivity contribution in [3.63, 3.8) is 0 Å². The molecule has 0 fully saturated rings. The van der Waals surface area contributed by atoms with Gasteiger partial charge in [0.25, 0.3) is 0 Å². The van der Waals surface area contributed by atoms with Crippen LogP contribution in [0.5, 0.6) is 0 Å². The number of hydrogen-bond donors (Lipinski definition) is 0. The predicted octanol–water partition coefficient (Wildman–Crippen LogP) is 5.54. The van der Waals surface area contributed by atoms with Crippen molar-refractivity contribution in [1.82, 2.24) is 0 Å². The van der Waals surface area contributed by atoms with E-state index in [1.807, 2.05) is 31.2 Å². The molecule has 0 N–H and O–H groups in total. The van der Waals surface area contributed by atoms with E-state index in [0.717, 1.165) is 22.6 Å². The maximum atomic E-state index is 13.7. The van der Waals surface area contributed by atoms with Crippen LogP contribution in [0.1, 0.15) is 22.3 Å². The molecule has 0 aliphatic heterocycles. The number of rotatable bonds is 3. The molecule has 0 radical (unpaired) electrons. The minimum atomic E-state index is -0.596. The van der Waals surface area contributed by atoms with Crippen LogP contribution in [0, 0.1) is 18.6 Å². The summed E-state index contributed by atoms with van der Waals surface area (Å²) in [7, 11) is 0. The monoisotopic (exact) mass is 306 g/mol. The summed E-state index contributed by atoms with van der Waals surface area (Å²) in [6.45, 7) is 2.00. The first-order valence-corrected chi connectivity index (χ1v) is 7.04. The minimum absolute atomic E-state index is 0.243. The number of aryl methyl sites for hydroxylation is 1. The average molecular weight is 307 g/mol. The molecule has 21 heavy (non-hydrogen) atoms. The van der Waals surface area contributed by atoms with Crippen molar-refractivity contribution in [3.05, 3.63) is 71.0 Å². The van der Waals surface area contributed by atoms with Gasteiger partial charge in [-0.15, -0.1) is 11.6 Å². The summed E-state index contributed by atoms with van der Waals surface area (Å²) in [4.78, 5) is 0. The van der Waals surface area contributed by atoms with Crippen LogP contribution in [0.4, 0.5) is 8.78 Å². The summed E-state index contributed by atoms with van der Waals surface area (Å²) in [5.74, 6) is -0.602. The lowest BCUT2D eigenvalue weighted by Gasteiger charge is -2.07. The first kappa shape index (κ1) is 14.1. The van der Waals surface area contributed by atoms with Gasteiger partial charge in [-0.25, -0.2) is 8.78 Å². The number of hydrogen-bond acceptors (Lipinski definition) is 1. The topological polar surface area (TPSA) is 13.1 Å². The molecule has 1 nitrogen and oxygen atoms in total. The highest BCUT2D eigenvalue weighted by atomic mass is 35.5. The van der Waals surface area contributed by atoms with Crippen molar-refractivity contribution >= 4 is 22.6 Å². The second kappa shape index (κ2) is 5.49. The lowest BCUT2D eigenvalue weighted by Crippen LogP contribution is -1.98. The molecule has 0 saturated heterocycles. The zero-order chi connectivity index (χ0) is 15.0. The molecule has 1 unspecified atom stereocenters. The maximum absolute atomic E-state index is 13.7. The van der Waals surface area contributed by atoms with E-state index in [2.05, 4.69) is 0 Å². The Morgan fingerprint density at radius 3 is 2.67 bits per heavy atom. The summed E-state index contributed by atoms with van der Waals surface area (Å²) in [6.07, 6.45) is 0.243. The zero-order valence-corrected chi connectivity index (χ0v) is 12.1. The van der Waals surface area contributed by atoms with Crippen molar-refractivity contribution < 1.29 is 13.2 Å². The molecule has 0 aliphatic rings. The van der Waals surface area contributed by atoms with Gasteiger partial charge >= 0.3 is 0 Å². The SMILES string of the molecule is Cc1ccc2oc(C(Cl)Cc3ccc(F)cc3F)cc2c1. The second-order valence-electron chi connectivity index (χ2n) is 5.10. The number of halogens is 3. The van der Waals surface area contributed by atoms with Gasteiger partial charge in [0.05, 0.1) is 5.38 Å². The van der Waals surface area contributed by atoms with Crippen LogP contribution in [0.25, 0.3) is 11.0 Å². The van der Waals surface area contributed by atoms with Crippen LogP contribution in [0.3, 0.4) is 0 Å². The molecular formula is C17H13ClF2O. The van der Waals surface area contributed by atoms with Crippen molar-refractivity contribution in [2.45, 2.75) is 18.7 Å². The van der Waals surface area contributed by atoms with Gasteiger partial charge in [-0.2, -0.15) is 0 Å². The van der Waals surface area contributed by atoms with Crippen molar-refractivity contribution in [1.29, 1.82) is 0 Å². The maximum Gasteiger partial charge on any atom is 0.134 e. The highest BCUT2D eigenvalue weighted by molar-refractivity contribution is 6.20. The van der Waals surface area contributed by atoms with Gasteiger partial charge < -0.3 is 4.42 Å². The number of benzene rings is 2. The summed E-state index contributed by atoms with van der Waals surface area (Å²) in [6, 6.07) is 11.2. The molecule has 108 valence electrons. The van der Waals surface area contributed by atoms with Gasteiger partial charge in [0.15, 0.2) is 0 Å². The van der Waals surface area contributed by atoms with E-state index in [1.54, 1.807) is 0 Å². The van der Waals surface area contributed by atoms with Crippen LogP contribution < -0.4 is 0 Å². The van der Waals surface area contributed by atoms with Crippen molar-refractivity contribution in [3.8, 4) is 0 Å². The Kier molecular flexibility index (Phi) is 3.68. The third-order valence-electron chi connectivity index (χ3n) is 3.41.